The average molecular weight is 388 g/mol. The molecular formula is C20H22ClN3OS. The summed E-state index contributed by atoms with van der Waals surface area (Å²) in [5, 5.41) is 2.66. The highest BCUT2D eigenvalue weighted by molar-refractivity contribution is 7.99. The van der Waals surface area contributed by atoms with Crippen LogP contribution in [0.25, 0.3) is 5.57 Å². The Labute approximate surface area is 163 Å². The summed E-state index contributed by atoms with van der Waals surface area (Å²) in [6.07, 6.45) is 12.8. The van der Waals surface area contributed by atoms with Crippen molar-refractivity contribution in [1.82, 2.24) is 14.5 Å². The van der Waals surface area contributed by atoms with Crippen LogP contribution in [-0.2, 0) is 11.8 Å². The third-order valence-corrected chi connectivity index (χ3v) is 6.45. The summed E-state index contributed by atoms with van der Waals surface area (Å²) in [6, 6.07) is 3.80. The zero-order valence-corrected chi connectivity index (χ0v) is 16.5. The lowest BCUT2D eigenvalue weighted by Crippen LogP contribution is -2.06. The van der Waals surface area contributed by atoms with Gasteiger partial charge in [0.15, 0.2) is 0 Å². The van der Waals surface area contributed by atoms with Gasteiger partial charge in [0.2, 0.25) is 0 Å². The minimum absolute atomic E-state index is 0.636. The summed E-state index contributed by atoms with van der Waals surface area (Å²) in [7, 11) is 3.81. The largest absolute Gasteiger partial charge is 0.384 e. The summed E-state index contributed by atoms with van der Waals surface area (Å²) in [5.74, 6) is 2.15. The highest BCUT2D eigenvalue weighted by Crippen LogP contribution is 2.48. The van der Waals surface area contributed by atoms with Crippen molar-refractivity contribution in [3.05, 3.63) is 53.6 Å². The molecule has 136 valence electrons. The fraction of sp³-hybridized carbons (Fsp3) is 0.400. The summed E-state index contributed by atoms with van der Waals surface area (Å²) >= 11 is 7.55. The molecule has 1 unspecified atom stereocenters. The van der Waals surface area contributed by atoms with E-state index in [4.69, 9.17) is 16.3 Å². The number of rotatable bonds is 6. The number of methoxy groups -OCH3 is 1. The number of hydrogen-bond donors (Lipinski definition) is 0. The van der Waals surface area contributed by atoms with Crippen LogP contribution in [-0.4, -0.2) is 28.3 Å². The van der Waals surface area contributed by atoms with Gasteiger partial charge in [-0.15, -0.1) is 0 Å². The molecule has 4 nitrogen and oxygen atoms in total. The van der Waals surface area contributed by atoms with Gasteiger partial charge >= 0.3 is 0 Å². The molecule has 0 spiro atoms. The van der Waals surface area contributed by atoms with Crippen LogP contribution in [0.3, 0.4) is 0 Å². The summed E-state index contributed by atoms with van der Waals surface area (Å²) in [6.45, 7) is 0.890. The van der Waals surface area contributed by atoms with Crippen molar-refractivity contribution in [3.63, 3.8) is 0 Å². The molecular weight excluding hydrogens is 366 g/mol. The van der Waals surface area contributed by atoms with Gasteiger partial charge in [0, 0.05) is 27.0 Å². The van der Waals surface area contributed by atoms with Crippen LogP contribution >= 0.6 is 23.4 Å². The SMILES string of the molecule is COC[C@H]1C[C@@H]1C1C=CC(c2ncn(C)c2Sc2ccc(Cl)cn2)=CC1. The van der Waals surface area contributed by atoms with Crippen LogP contribution in [0.2, 0.25) is 5.02 Å². The van der Waals surface area contributed by atoms with Gasteiger partial charge in [-0.3, -0.25) is 0 Å². The Morgan fingerprint density at radius 3 is 2.92 bits per heavy atom. The fourth-order valence-electron chi connectivity index (χ4n) is 3.59. The molecule has 0 bridgehead atoms. The normalized spacial score (nSPS) is 24.6. The van der Waals surface area contributed by atoms with Crippen molar-refractivity contribution in [3.8, 4) is 0 Å². The van der Waals surface area contributed by atoms with Gasteiger partial charge in [-0.2, -0.15) is 0 Å². The van der Waals surface area contributed by atoms with E-state index >= 15 is 0 Å². The van der Waals surface area contributed by atoms with Crippen molar-refractivity contribution in [2.24, 2.45) is 24.8 Å². The number of hydrogen-bond acceptors (Lipinski definition) is 4. The minimum atomic E-state index is 0.636. The molecule has 1 fully saturated rings. The molecule has 1 saturated carbocycles. The van der Waals surface area contributed by atoms with Crippen LogP contribution in [0, 0.1) is 17.8 Å². The Balaban J connectivity index is 1.48. The van der Waals surface area contributed by atoms with Gasteiger partial charge in [-0.25, -0.2) is 9.97 Å². The molecule has 26 heavy (non-hydrogen) atoms. The lowest BCUT2D eigenvalue weighted by atomic mass is 9.91. The van der Waals surface area contributed by atoms with Gasteiger partial charge in [-0.1, -0.05) is 29.8 Å². The van der Waals surface area contributed by atoms with E-state index in [-0.39, 0.29) is 0 Å². The second-order valence-electron chi connectivity index (χ2n) is 6.96. The zero-order chi connectivity index (χ0) is 18.1. The maximum atomic E-state index is 5.94. The summed E-state index contributed by atoms with van der Waals surface area (Å²) < 4.78 is 7.34. The standard InChI is InChI=1S/C20H22ClN3OS/c1-24-12-23-19(20(24)26-18-8-7-16(21)10-22-18)14-5-3-13(4-6-14)17-9-15(17)11-25-2/h3,5-8,10,12-13,15,17H,4,9,11H2,1-2H3/t13?,15-,17-/m1/s1. The Kier molecular flexibility index (Phi) is 5.20. The molecule has 0 aliphatic heterocycles. The molecule has 6 heteroatoms. The maximum absolute atomic E-state index is 5.94. The molecule has 4 rings (SSSR count). The van der Waals surface area contributed by atoms with Gasteiger partial charge in [0.25, 0.3) is 0 Å². The number of ether oxygens (including phenoxy) is 1. The van der Waals surface area contributed by atoms with E-state index in [0.717, 1.165) is 40.6 Å². The Morgan fingerprint density at radius 1 is 1.35 bits per heavy atom. The molecule has 2 aromatic rings. The number of pyridine rings is 1. The van der Waals surface area contributed by atoms with Crippen LogP contribution in [0.5, 0.6) is 0 Å². The van der Waals surface area contributed by atoms with Crippen LogP contribution in [0.4, 0.5) is 0 Å². The molecule has 0 radical (unpaired) electrons. The molecule has 0 saturated heterocycles. The van der Waals surface area contributed by atoms with Gasteiger partial charge < -0.3 is 9.30 Å². The number of nitrogens with zero attached hydrogens (tertiary/aromatic N) is 3. The first-order chi connectivity index (χ1) is 12.7. The van der Waals surface area contributed by atoms with Crippen molar-refractivity contribution < 1.29 is 4.74 Å². The van der Waals surface area contributed by atoms with Gasteiger partial charge in [0.05, 0.1) is 11.3 Å². The number of aromatic nitrogens is 3. The molecule has 2 aromatic heterocycles. The molecule has 2 aliphatic rings. The number of halogens is 1. The molecule has 0 amide bonds. The first kappa shape index (κ1) is 17.8. The van der Waals surface area contributed by atoms with E-state index in [0.29, 0.717) is 10.9 Å². The highest BCUT2D eigenvalue weighted by Gasteiger charge is 2.41. The predicted octanol–water partition coefficient (Wildman–Crippen LogP) is 4.86. The van der Waals surface area contributed by atoms with Crippen molar-refractivity contribution in [2.75, 3.05) is 13.7 Å². The van der Waals surface area contributed by atoms with E-state index in [9.17, 15) is 0 Å². The lowest BCUT2D eigenvalue weighted by Gasteiger charge is -2.16. The Morgan fingerprint density at radius 2 is 2.23 bits per heavy atom. The number of imidazole rings is 1. The second-order valence-corrected chi connectivity index (χ2v) is 8.40. The first-order valence-electron chi connectivity index (χ1n) is 8.84. The van der Waals surface area contributed by atoms with Crippen LogP contribution < -0.4 is 0 Å². The van der Waals surface area contributed by atoms with E-state index in [2.05, 4.69) is 28.2 Å². The molecule has 3 atom stereocenters. The number of allylic oxidation sites excluding steroid dienone is 4. The zero-order valence-electron chi connectivity index (χ0n) is 14.9. The quantitative estimate of drug-likeness (QED) is 0.709. The Bertz CT molecular complexity index is 843. The van der Waals surface area contributed by atoms with E-state index < -0.39 is 0 Å². The smallest absolute Gasteiger partial charge is 0.109 e. The summed E-state index contributed by atoms with van der Waals surface area (Å²) in [5.41, 5.74) is 2.22. The topological polar surface area (TPSA) is 39.9 Å². The maximum Gasteiger partial charge on any atom is 0.109 e. The van der Waals surface area contributed by atoms with Crippen molar-refractivity contribution >= 4 is 28.9 Å². The minimum Gasteiger partial charge on any atom is -0.384 e. The molecule has 0 N–H and O–H groups in total. The third-order valence-electron chi connectivity index (χ3n) is 5.10. The number of aryl methyl sites for hydroxylation is 1. The average Bonchev–Trinajstić information content (AvgIpc) is 3.33. The van der Waals surface area contributed by atoms with Crippen LogP contribution in [0.1, 0.15) is 18.5 Å². The van der Waals surface area contributed by atoms with Gasteiger partial charge in [0.1, 0.15) is 15.7 Å². The lowest BCUT2D eigenvalue weighted by molar-refractivity contribution is 0.178. The first-order valence-corrected chi connectivity index (χ1v) is 10.0. The Hall–Kier alpha value is -1.56. The monoisotopic (exact) mass is 387 g/mol. The molecule has 2 aliphatic carbocycles. The van der Waals surface area contributed by atoms with Crippen molar-refractivity contribution in [1.29, 1.82) is 0 Å². The van der Waals surface area contributed by atoms with E-state index in [1.54, 1.807) is 25.1 Å². The second kappa shape index (κ2) is 7.59. The van der Waals surface area contributed by atoms with Crippen LogP contribution in [0.15, 0.2) is 52.9 Å². The fourth-order valence-corrected chi connectivity index (χ4v) is 4.60. The van der Waals surface area contributed by atoms with E-state index in [1.165, 1.54) is 12.0 Å². The molecule has 2 heterocycles. The van der Waals surface area contributed by atoms with Gasteiger partial charge in [-0.05, 0) is 60.1 Å². The summed E-state index contributed by atoms with van der Waals surface area (Å²) in [4.78, 5) is 9.02. The molecule has 0 aromatic carbocycles. The predicted molar refractivity (Wildman–Crippen MR) is 105 cm³/mol. The highest BCUT2D eigenvalue weighted by atomic mass is 35.5. The van der Waals surface area contributed by atoms with E-state index in [1.807, 2.05) is 30.1 Å². The third kappa shape index (κ3) is 3.75. The van der Waals surface area contributed by atoms with Crippen molar-refractivity contribution in [2.45, 2.75) is 22.9 Å².